The van der Waals surface area contributed by atoms with Gasteiger partial charge in [-0.25, -0.2) is 0 Å². The van der Waals surface area contributed by atoms with E-state index >= 15 is 0 Å². The molecule has 2 nitrogen and oxygen atoms in total. The van der Waals surface area contributed by atoms with E-state index in [4.69, 9.17) is 0 Å². The van der Waals surface area contributed by atoms with Crippen LogP contribution in [0.5, 0.6) is 0 Å². The Balaban J connectivity index is 0. The molecule has 1 aliphatic rings. The molecule has 0 spiro atoms. The van der Waals surface area contributed by atoms with E-state index in [-0.39, 0.29) is 11.8 Å². The van der Waals surface area contributed by atoms with E-state index in [0.717, 1.165) is 12.1 Å². The molecule has 1 rings (SSSR count). The third-order valence-corrected chi connectivity index (χ3v) is 2.21. The van der Waals surface area contributed by atoms with E-state index in [1.54, 1.807) is 0 Å². The summed E-state index contributed by atoms with van der Waals surface area (Å²) < 4.78 is 0. The van der Waals surface area contributed by atoms with E-state index < -0.39 is 0 Å². The van der Waals surface area contributed by atoms with Crippen molar-refractivity contribution in [2.45, 2.75) is 54.9 Å². The first-order valence-electron chi connectivity index (χ1n) is 6.31. The first-order chi connectivity index (χ1) is 7.69. The van der Waals surface area contributed by atoms with E-state index in [2.05, 4.69) is 11.4 Å². The second-order valence-corrected chi connectivity index (χ2v) is 3.11. The van der Waals surface area contributed by atoms with Gasteiger partial charge in [-0.1, -0.05) is 46.8 Å². The second-order valence-electron chi connectivity index (χ2n) is 3.11. The fourth-order valence-electron chi connectivity index (χ4n) is 1.40. The molecule has 1 unspecified atom stereocenters. The van der Waals surface area contributed by atoms with Crippen molar-refractivity contribution < 1.29 is 4.79 Å². The van der Waals surface area contributed by atoms with Crippen LogP contribution in [0.4, 0.5) is 0 Å². The molecular formula is C14H27NO. The van der Waals surface area contributed by atoms with Crippen molar-refractivity contribution >= 4 is 5.91 Å². The number of hydrogen-bond acceptors (Lipinski definition) is 1. The van der Waals surface area contributed by atoms with Crippen molar-refractivity contribution in [3.05, 3.63) is 23.4 Å². The highest BCUT2D eigenvalue weighted by Crippen LogP contribution is 2.22. The Hall–Kier alpha value is -1.05. The molecule has 0 aliphatic carbocycles. The molecule has 1 atom stereocenters. The number of carbonyl (C=O) groups excluding carboxylic acids is 1. The number of rotatable bonds is 0. The van der Waals surface area contributed by atoms with Crippen LogP contribution in [-0.4, -0.2) is 5.91 Å². The molecule has 0 saturated carbocycles. The zero-order valence-electron chi connectivity index (χ0n) is 11.8. The van der Waals surface area contributed by atoms with Gasteiger partial charge in [0.1, 0.15) is 0 Å². The first-order valence-corrected chi connectivity index (χ1v) is 6.31. The molecule has 16 heavy (non-hydrogen) atoms. The lowest BCUT2D eigenvalue weighted by atomic mass is 9.93. The molecule has 0 aromatic rings. The highest BCUT2D eigenvalue weighted by molar-refractivity contribution is 5.83. The third-order valence-electron chi connectivity index (χ3n) is 2.21. The summed E-state index contributed by atoms with van der Waals surface area (Å²) in [6.45, 7) is 13.9. The summed E-state index contributed by atoms with van der Waals surface area (Å²) in [6.07, 6.45) is 4.87. The van der Waals surface area contributed by atoms with Crippen LogP contribution in [0.25, 0.3) is 0 Å². The van der Waals surface area contributed by atoms with Gasteiger partial charge in [-0.2, -0.15) is 0 Å². The minimum Gasteiger partial charge on any atom is -0.326 e. The molecule has 0 radical (unpaired) electrons. The normalized spacial score (nSPS) is 23.9. The number of hydrogen-bond donors (Lipinski definition) is 1. The fraction of sp³-hybridized carbons (Fsp3) is 0.643. The highest BCUT2D eigenvalue weighted by Gasteiger charge is 2.22. The second kappa shape index (κ2) is 10.5. The lowest BCUT2D eigenvalue weighted by Crippen LogP contribution is -2.34. The van der Waals surface area contributed by atoms with Crippen LogP contribution < -0.4 is 5.32 Å². The minimum absolute atomic E-state index is 0.111. The molecule has 1 amide bonds. The predicted octanol–water partition coefficient (Wildman–Crippen LogP) is 4.04. The van der Waals surface area contributed by atoms with Gasteiger partial charge in [0.05, 0.1) is 0 Å². The smallest absolute Gasteiger partial charge is 0.227 e. The van der Waals surface area contributed by atoms with E-state index in [1.165, 1.54) is 5.57 Å². The fourth-order valence-corrected chi connectivity index (χ4v) is 1.40. The summed E-state index contributed by atoms with van der Waals surface area (Å²) in [5.74, 6) is 0.244. The summed E-state index contributed by atoms with van der Waals surface area (Å²) in [7, 11) is 0. The van der Waals surface area contributed by atoms with Gasteiger partial charge in [-0.05, 0) is 25.8 Å². The van der Waals surface area contributed by atoms with Gasteiger partial charge in [0.15, 0.2) is 0 Å². The minimum atomic E-state index is 0.111. The van der Waals surface area contributed by atoms with Crippen molar-refractivity contribution in [3.63, 3.8) is 0 Å². The van der Waals surface area contributed by atoms with E-state index in [0.29, 0.717) is 0 Å². The largest absolute Gasteiger partial charge is 0.326 e. The number of carbonyl (C=O) groups is 1. The van der Waals surface area contributed by atoms with E-state index in [9.17, 15) is 4.79 Å². The van der Waals surface area contributed by atoms with Crippen LogP contribution >= 0.6 is 0 Å². The van der Waals surface area contributed by atoms with Crippen molar-refractivity contribution in [2.75, 3.05) is 0 Å². The monoisotopic (exact) mass is 225 g/mol. The van der Waals surface area contributed by atoms with Crippen molar-refractivity contribution in [1.82, 2.24) is 5.32 Å². The highest BCUT2D eigenvalue weighted by atomic mass is 16.1. The van der Waals surface area contributed by atoms with Gasteiger partial charge < -0.3 is 5.32 Å². The Morgan fingerprint density at radius 3 is 2.00 bits per heavy atom. The molecular weight excluding hydrogens is 198 g/mol. The molecule has 1 heterocycles. The Morgan fingerprint density at radius 1 is 1.12 bits per heavy atom. The van der Waals surface area contributed by atoms with Crippen LogP contribution in [0.2, 0.25) is 0 Å². The van der Waals surface area contributed by atoms with Gasteiger partial charge in [0.2, 0.25) is 5.91 Å². The van der Waals surface area contributed by atoms with Crippen molar-refractivity contribution in [2.24, 2.45) is 5.92 Å². The first kappa shape index (κ1) is 17.3. The van der Waals surface area contributed by atoms with Crippen LogP contribution in [0, 0.1) is 5.92 Å². The van der Waals surface area contributed by atoms with Crippen LogP contribution in [-0.2, 0) is 4.79 Å². The van der Waals surface area contributed by atoms with Gasteiger partial charge in [0.25, 0.3) is 0 Å². The van der Waals surface area contributed by atoms with Crippen LogP contribution in [0.3, 0.4) is 0 Å². The Bertz CT molecular complexity index is 251. The average molecular weight is 225 g/mol. The van der Waals surface area contributed by atoms with Crippen molar-refractivity contribution in [1.29, 1.82) is 0 Å². The molecule has 1 aliphatic heterocycles. The lowest BCUT2D eigenvalue weighted by Gasteiger charge is -2.23. The molecule has 1 fully saturated rings. The molecule has 1 saturated heterocycles. The maximum Gasteiger partial charge on any atom is 0.227 e. The van der Waals surface area contributed by atoms with Gasteiger partial charge >= 0.3 is 0 Å². The van der Waals surface area contributed by atoms with Gasteiger partial charge in [-0.15, -0.1) is 0 Å². The maximum atomic E-state index is 11.2. The summed E-state index contributed by atoms with van der Waals surface area (Å²) in [4.78, 5) is 11.2. The molecule has 0 aromatic heterocycles. The van der Waals surface area contributed by atoms with Crippen molar-refractivity contribution in [3.8, 4) is 0 Å². The average Bonchev–Trinajstić information content (AvgIpc) is 2.37. The van der Waals surface area contributed by atoms with E-state index in [1.807, 2.05) is 54.5 Å². The summed E-state index contributed by atoms with van der Waals surface area (Å²) in [6, 6.07) is 0. The number of allylic oxidation sites excluding steroid dienone is 3. The Kier molecular flexibility index (Phi) is 11.3. The molecule has 0 bridgehead atoms. The summed E-state index contributed by atoms with van der Waals surface area (Å²) >= 11 is 0. The molecule has 1 N–H and O–H groups in total. The summed E-state index contributed by atoms with van der Waals surface area (Å²) in [5.41, 5.74) is 2.21. The standard InChI is InChI=1S/C10H15NO.2C2H6/c1-4-8-6-7(3)10(12)11-9(8)5-2;2*1-2/h4-5,7H,6H2,1-3H3,(H,11,12);2*1-2H3/b8-4-,9-5+;;. The third kappa shape index (κ3) is 5.15. The Labute approximate surface area is 101 Å². The molecule has 94 valence electrons. The molecule has 2 heteroatoms. The van der Waals surface area contributed by atoms with Gasteiger partial charge in [-0.3, -0.25) is 4.79 Å². The maximum absolute atomic E-state index is 11.2. The topological polar surface area (TPSA) is 29.1 Å². The van der Waals surface area contributed by atoms with Gasteiger partial charge in [0, 0.05) is 11.6 Å². The number of piperidine rings is 1. The number of nitrogens with one attached hydrogen (secondary N) is 1. The zero-order valence-corrected chi connectivity index (χ0v) is 11.8. The number of amides is 1. The van der Waals surface area contributed by atoms with Crippen LogP contribution in [0.1, 0.15) is 54.9 Å². The SMILES string of the molecule is C/C=C1/CC(C)C(=O)N/C1=C/C.CC.CC. The predicted molar refractivity (Wildman–Crippen MR) is 72.1 cm³/mol. The Morgan fingerprint density at radius 2 is 1.62 bits per heavy atom. The summed E-state index contributed by atoms with van der Waals surface area (Å²) in [5, 5.41) is 2.87. The van der Waals surface area contributed by atoms with Crippen LogP contribution in [0.15, 0.2) is 23.4 Å². The molecule has 0 aromatic carbocycles. The lowest BCUT2D eigenvalue weighted by molar-refractivity contribution is -0.124. The zero-order chi connectivity index (χ0) is 13.1. The quantitative estimate of drug-likeness (QED) is 0.662.